The van der Waals surface area contributed by atoms with Crippen LogP contribution in [0.25, 0.3) is 0 Å². The van der Waals surface area contributed by atoms with Crippen molar-refractivity contribution in [2.45, 2.75) is 13.0 Å². The van der Waals surface area contributed by atoms with E-state index in [9.17, 15) is 8.78 Å². The highest BCUT2D eigenvalue weighted by Gasteiger charge is 2.19. The minimum absolute atomic E-state index is 0.0427. The van der Waals surface area contributed by atoms with Gasteiger partial charge in [-0.1, -0.05) is 0 Å². The van der Waals surface area contributed by atoms with Crippen LogP contribution >= 0.6 is 0 Å². The number of nitriles is 1. The van der Waals surface area contributed by atoms with Gasteiger partial charge in [0, 0.05) is 5.56 Å². The molecule has 0 aliphatic rings. The predicted octanol–water partition coefficient (Wildman–Crippen LogP) is 1.39. The number of pyridine rings is 1. The summed E-state index contributed by atoms with van der Waals surface area (Å²) in [4.78, 5) is 3.70. The molecule has 0 bridgehead atoms. The lowest BCUT2D eigenvalue weighted by Crippen LogP contribution is -2.02. The van der Waals surface area contributed by atoms with Crippen LogP contribution in [0.2, 0.25) is 0 Å². The highest BCUT2D eigenvalue weighted by molar-refractivity contribution is 5.46. The van der Waals surface area contributed by atoms with Gasteiger partial charge in [-0.3, -0.25) is 0 Å². The summed E-state index contributed by atoms with van der Waals surface area (Å²) in [5, 5.41) is 17.5. The summed E-state index contributed by atoms with van der Waals surface area (Å²) in [6.07, 6.45) is -2.80. The maximum absolute atomic E-state index is 12.5. The Morgan fingerprint density at radius 3 is 2.73 bits per heavy atom. The Balaban J connectivity index is 3.41. The zero-order chi connectivity index (χ0) is 11.4. The average Bonchev–Trinajstić information content (AvgIpc) is 2.26. The molecule has 0 saturated heterocycles. The van der Waals surface area contributed by atoms with Gasteiger partial charge in [0.1, 0.15) is 11.6 Å². The van der Waals surface area contributed by atoms with Gasteiger partial charge < -0.3 is 9.84 Å². The smallest absolute Gasteiger partial charge is 0.265 e. The molecular weight excluding hydrogens is 206 g/mol. The molecule has 1 aromatic heterocycles. The highest BCUT2D eigenvalue weighted by Crippen LogP contribution is 2.28. The molecule has 80 valence electrons. The van der Waals surface area contributed by atoms with Gasteiger partial charge in [0.25, 0.3) is 6.43 Å². The second-order valence-electron chi connectivity index (χ2n) is 2.66. The number of alkyl halides is 2. The first-order valence-corrected chi connectivity index (χ1v) is 4.01. The molecule has 0 saturated carbocycles. The second kappa shape index (κ2) is 4.66. The number of methoxy groups -OCH3 is 1. The van der Waals surface area contributed by atoms with Crippen LogP contribution < -0.4 is 4.74 Å². The first-order valence-electron chi connectivity index (χ1n) is 4.01. The summed E-state index contributed by atoms with van der Waals surface area (Å²) in [6.45, 7) is -0.484. The molecule has 1 heterocycles. The molecular formula is C9H8F2N2O2. The summed E-state index contributed by atoms with van der Waals surface area (Å²) in [6, 6.07) is 2.59. The van der Waals surface area contributed by atoms with Crippen LogP contribution in [0.4, 0.5) is 8.78 Å². The van der Waals surface area contributed by atoms with Crippen LogP contribution in [0.1, 0.15) is 23.2 Å². The third-order valence-corrected chi connectivity index (χ3v) is 1.77. The molecule has 0 aromatic carbocycles. The average molecular weight is 214 g/mol. The first-order chi connectivity index (χ1) is 7.13. The lowest BCUT2D eigenvalue weighted by atomic mass is 10.1. The fourth-order valence-electron chi connectivity index (χ4n) is 1.11. The summed E-state index contributed by atoms with van der Waals surface area (Å²) in [5.74, 6) is -0.195. The van der Waals surface area contributed by atoms with Crippen LogP contribution in [0.3, 0.4) is 0 Å². The zero-order valence-corrected chi connectivity index (χ0v) is 7.87. The van der Waals surface area contributed by atoms with Crippen LogP contribution in [0, 0.1) is 11.3 Å². The Kier molecular flexibility index (Phi) is 3.52. The Labute approximate surface area is 84.7 Å². The standard InChI is InChI=1S/C9H8F2N2O2/c1-15-9-7(3-12)6(8(10)11)2-5(4-14)13-9/h2,8,14H,4H2,1H3. The van der Waals surface area contributed by atoms with Crippen molar-refractivity contribution in [1.29, 1.82) is 5.26 Å². The van der Waals surface area contributed by atoms with E-state index in [2.05, 4.69) is 4.98 Å². The van der Waals surface area contributed by atoms with Crippen molar-refractivity contribution in [1.82, 2.24) is 4.98 Å². The van der Waals surface area contributed by atoms with Crippen molar-refractivity contribution in [3.63, 3.8) is 0 Å². The fraction of sp³-hybridized carbons (Fsp3) is 0.333. The Hall–Kier alpha value is -1.74. The molecule has 6 heteroatoms. The van der Waals surface area contributed by atoms with E-state index in [0.717, 1.165) is 6.07 Å². The summed E-state index contributed by atoms with van der Waals surface area (Å²) in [7, 11) is 1.22. The number of rotatable bonds is 3. The number of ether oxygens (including phenoxy) is 1. The van der Waals surface area contributed by atoms with E-state index in [1.165, 1.54) is 7.11 Å². The lowest BCUT2D eigenvalue weighted by molar-refractivity contribution is 0.150. The van der Waals surface area contributed by atoms with Crippen LogP contribution in [0.5, 0.6) is 5.88 Å². The van der Waals surface area contributed by atoms with E-state index in [1.807, 2.05) is 0 Å². The minimum atomic E-state index is -2.80. The maximum Gasteiger partial charge on any atom is 0.265 e. The van der Waals surface area contributed by atoms with Crippen molar-refractivity contribution >= 4 is 0 Å². The third-order valence-electron chi connectivity index (χ3n) is 1.77. The molecule has 4 nitrogen and oxygen atoms in total. The van der Waals surface area contributed by atoms with Crippen molar-refractivity contribution < 1.29 is 18.6 Å². The SMILES string of the molecule is COc1nc(CO)cc(C(F)F)c1C#N. The number of aliphatic hydroxyl groups excluding tert-OH is 1. The normalized spacial score (nSPS) is 10.1. The number of aliphatic hydroxyl groups is 1. The van der Waals surface area contributed by atoms with Gasteiger partial charge in [-0.15, -0.1) is 0 Å². The monoisotopic (exact) mass is 214 g/mol. The molecule has 0 atom stereocenters. The first kappa shape index (κ1) is 11.3. The number of hydrogen-bond donors (Lipinski definition) is 1. The predicted molar refractivity (Wildman–Crippen MR) is 46.4 cm³/mol. The van der Waals surface area contributed by atoms with Crippen molar-refractivity contribution in [3.05, 3.63) is 22.9 Å². The highest BCUT2D eigenvalue weighted by atomic mass is 19.3. The van der Waals surface area contributed by atoms with E-state index in [-0.39, 0.29) is 17.1 Å². The Morgan fingerprint density at radius 2 is 2.33 bits per heavy atom. The largest absolute Gasteiger partial charge is 0.480 e. The summed E-state index contributed by atoms with van der Waals surface area (Å²) >= 11 is 0. The minimum Gasteiger partial charge on any atom is -0.480 e. The van der Waals surface area contributed by atoms with E-state index < -0.39 is 18.6 Å². The molecule has 0 unspecified atom stereocenters. The molecule has 0 aliphatic carbocycles. The number of hydrogen-bond acceptors (Lipinski definition) is 4. The van der Waals surface area contributed by atoms with Crippen molar-refractivity contribution in [2.75, 3.05) is 7.11 Å². The van der Waals surface area contributed by atoms with E-state index in [0.29, 0.717) is 0 Å². The van der Waals surface area contributed by atoms with Gasteiger partial charge in [-0.05, 0) is 6.07 Å². The third kappa shape index (κ3) is 2.19. The van der Waals surface area contributed by atoms with Gasteiger partial charge in [0.2, 0.25) is 5.88 Å². The molecule has 0 aliphatic heterocycles. The molecule has 1 rings (SSSR count). The van der Waals surface area contributed by atoms with Crippen molar-refractivity contribution in [2.24, 2.45) is 0 Å². The Bertz CT molecular complexity index is 402. The van der Waals surface area contributed by atoms with Gasteiger partial charge in [0.15, 0.2) is 0 Å². The van der Waals surface area contributed by atoms with Crippen molar-refractivity contribution in [3.8, 4) is 11.9 Å². The van der Waals surface area contributed by atoms with Gasteiger partial charge in [0.05, 0.1) is 19.4 Å². The second-order valence-corrected chi connectivity index (χ2v) is 2.66. The van der Waals surface area contributed by atoms with E-state index >= 15 is 0 Å². The molecule has 15 heavy (non-hydrogen) atoms. The molecule has 0 radical (unpaired) electrons. The number of nitrogens with zero attached hydrogens (tertiary/aromatic N) is 2. The zero-order valence-electron chi connectivity index (χ0n) is 7.87. The molecule has 0 spiro atoms. The maximum atomic E-state index is 12.5. The van der Waals surface area contributed by atoms with E-state index in [1.54, 1.807) is 6.07 Å². The van der Waals surface area contributed by atoms with Gasteiger partial charge in [-0.25, -0.2) is 13.8 Å². The molecule has 1 N–H and O–H groups in total. The molecule has 1 aromatic rings. The number of aromatic nitrogens is 1. The van der Waals surface area contributed by atoms with E-state index in [4.69, 9.17) is 15.1 Å². The summed E-state index contributed by atoms with van der Waals surface area (Å²) in [5.41, 5.74) is -0.737. The van der Waals surface area contributed by atoms with Crippen LogP contribution in [0.15, 0.2) is 6.07 Å². The topological polar surface area (TPSA) is 66.1 Å². The lowest BCUT2D eigenvalue weighted by Gasteiger charge is -2.08. The van der Waals surface area contributed by atoms with Crippen LogP contribution in [-0.4, -0.2) is 17.2 Å². The van der Waals surface area contributed by atoms with Gasteiger partial charge in [-0.2, -0.15) is 5.26 Å². The van der Waals surface area contributed by atoms with Crippen LogP contribution in [-0.2, 0) is 6.61 Å². The number of halogens is 2. The molecule has 0 amide bonds. The quantitative estimate of drug-likeness (QED) is 0.825. The fourth-order valence-corrected chi connectivity index (χ4v) is 1.11. The Morgan fingerprint density at radius 1 is 1.67 bits per heavy atom. The molecule has 0 fully saturated rings. The summed E-state index contributed by atoms with van der Waals surface area (Å²) < 4.78 is 29.8. The van der Waals surface area contributed by atoms with Gasteiger partial charge >= 0.3 is 0 Å².